The van der Waals surface area contributed by atoms with Crippen molar-refractivity contribution in [2.24, 2.45) is 35.5 Å². The second-order valence-corrected chi connectivity index (χ2v) is 23.4. The molecule has 15 rings (SSSR count). The topological polar surface area (TPSA) is 169 Å². The van der Waals surface area contributed by atoms with Crippen molar-refractivity contribution in [3.63, 3.8) is 0 Å². The predicted molar refractivity (Wildman–Crippen MR) is 286 cm³/mol. The minimum absolute atomic E-state index is 0.141. The quantitative estimate of drug-likeness (QED) is 0.130. The summed E-state index contributed by atoms with van der Waals surface area (Å²) in [6.45, 7) is 6.16. The molecule has 4 bridgehead atoms. The first-order valence-corrected chi connectivity index (χ1v) is 28.2. The van der Waals surface area contributed by atoms with Gasteiger partial charge in [0.25, 0.3) is 10.0 Å². The Balaban J connectivity index is 0.000000159. The Morgan fingerprint density at radius 1 is 0.658 bits per heavy atom. The molecule has 7 heterocycles. The minimum Gasteiger partial charge on any atom is -0.466 e. The van der Waals surface area contributed by atoms with Crippen molar-refractivity contribution in [3.8, 4) is 22.5 Å². The Labute approximate surface area is 446 Å². The van der Waals surface area contributed by atoms with E-state index < -0.39 is 10.0 Å². The average Bonchev–Trinajstić information content (AvgIpc) is 4.26. The van der Waals surface area contributed by atoms with Crippen LogP contribution in [0.1, 0.15) is 82.9 Å². The molecular formula is C57H54Cl2F2N8O6S. The van der Waals surface area contributed by atoms with Crippen LogP contribution in [0.15, 0.2) is 103 Å². The fraction of sp³-hybridized carbons (Fsp3) is 0.368. The second-order valence-electron chi connectivity index (χ2n) is 20.8. The monoisotopic (exact) mass is 1090 g/mol. The zero-order chi connectivity index (χ0) is 52.7. The third-order valence-corrected chi connectivity index (χ3v) is 18.7. The van der Waals surface area contributed by atoms with Gasteiger partial charge in [-0.2, -0.15) is 0 Å². The van der Waals surface area contributed by atoms with Gasteiger partial charge in [-0.3, -0.25) is 9.59 Å². The molecule has 14 nitrogen and oxygen atoms in total. The van der Waals surface area contributed by atoms with E-state index in [1.807, 2.05) is 36.0 Å². The lowest BCUT2D eigenvalue weighted by molar-refractivity contribution is -0.158. The zero-order valence-electron chi connectivity index (χ0n) is 41.9. The third-order valence-electron chi connectivity index (χ3n) is 16.6. The molecule has 4 atom stereocenters. The summed E-state index contributed by atoms with van der Waals surface area (Å²) < 4.78 is 74.0. The zero-order valence-corrected chi connectivity index (χ0v) is 44.3. The van der Waals surface area contributed by atoms with E-state index in [0.717, 1.165) is 67.9 Å². The van der Waals surface area contributed by atoms with E-state index in [1.165, 1.54) is 28.8 Å². The maximum Gasteiger partial charge on any atom is 0.311 e. The predicted octanol–water partition coefficient (Wildman–Crippen LogP) is 12.8. The van der Waals surface area contributed by atoms with E-state index in [2.05, 4.69) is 19.9 Å². The van der Waals surface area contributed by atoms with Crippen LogP contribution in [0.2, 0.25) is 10.0 Å². The summed E-state index contributed by atoms with van der Waals surface area (Å²) in [6.07, 6.45) is 18.8. The van der Waals surface area contributed by atoms with Gasteiger partial charge >= 0.3 is 11.9 Å². The van der Waals surface area contributed by atoms with Crippen molar-refractivity contribution in [2.75, 3.05) is 13.2 Å². The molecule has 0 unspecified atom stereocenters. The number of H-pyrrole nitrogens is 1. The number of esters is 2. The molecule has 0 saturated heterocycles. The number of rotatable bonds is 10. The summed E-state index contributed by atoms with van der Waals surface area (Å²) in [5, 5.41) is 3.02. The highest BCUT2D eigenvalue weighted by molar-refractivity contribution is 7.90. The molecule has 0 aliphatic heterocycles. The van der Waals surface area contributed by atoms with Crippen molar-refractivity contribution >= 4 is 89.2 Å². The van der Waals surface area contributed by atoms with E-state index in [-0.39, 0.29) is 81.7 Å². The number of hydrogen-bond acceptors (Lipinski definition) is 10. The number of aromatic amines is 1. The van der Waals surface area contributed by atoms with Crippen molar-refractivity contribution in [1.82, 2.24) is 38.0 Å². The molecular weight excluding hydrogens is 1030 g/mol. The molecule has 6 saturated carbocycles. The molecule has 6 aliphatic carbocycles. The fourth-order valence-electron chi connectivity index (χ4n) is 13.2. The van der Waals surface area contributed by atoms with Crippen LogP contribution >= 0.6 is 23.2 Å². The van der Waals surface area contributed by atoms with Gasteiger partial charge in [-0.25, -0.2) is 41.1 Å². The Bertz CT molecular complexity index is 3860. The Kier molecular flexibility index (Phi) is 13.0. The summed E-state index contributed by atoms with van der Waals surface area (Å²) in [5.74, 6) is -0.348. The van der Waals surface area contributed by atoms with Crippen molar-refractivity contribution in [3.05, 3.63) is 125 Å². The number of nitrogens with zero attached hydrogens (tertiary/aromatic N) is 7. The van der Waals surface area contributed by atoms with E-state index >= 15 is 8.78 Å². The first-order valence-electron chi connectivity index (χ1n) is 26.0. The van der Waals surface area contributed by atoms with Gasteiger partial charge in [0.1, 0.15) is 17.1 Å². The van der Waals surface area contributed by atoms with Gasteiger partial charge in [0.05, 0.1) is 63.0 Å². The van der Waals surface area contributed by atoms with Gasteiger partial charge in [-0.05, 0) is 138 Å². The number of aromatic nitrogens is 8. The van der Waals surface area contributed by atoms with Crippen LogP contribution in [0.4, 0.5) is 8.78 Å². The van der Waals surface area contributed by atoms with Crippen LogP contribution < -0.4 is 0 Å². The molecule has 392 valence electrons. The summed E-state index contributed by atoms with van der Waals surface area (Å²) in [5.41, 5.74) is 5.03. The number of hydrogen-bond donors (Lipinski definition) is 1. The first kappa shape index (κ1) is 50.1. The van der Waals surface area contributed by atoms with Crippen molar-refractivity contribution < 1.29 is 36.3 Å². The molecule has 0 radical (unpaired) electrons. The maximum atomic E-state index is 15.4. The summed E-state index contributed by atoms with van der Waals surface area (Å²) in [4.78, 5) is 47.3. The summed E-state index contributed by atoms with van der Waals surface area (Å²) >= 11 is 12.5. The van der Waals surface area contributed by atoms with Gasteiger partial charge in [-0.15, -0.1) is 0 Å². The number of carbonyl (C=O) groups is 2. The standard InChI is InChI=1S/C33H31ClFN3O4S.C24H23ClFN5O2/c1-3-42-33(39)30-20-6-8-21(9-7-20)31(30)37-18-28(35)25-13-10-22(14-29(25)37)27-17-38(32-26(27)15-23(34)16-36-32)43(40,41)24-11-4-19(2)5-12-24;1-2-33-24(32)19-12-3-5-13(6-4-12)20(19)31-11-18(26)17-10-29-22(30-23(17)31)16-9-28-21-15(16)7-14(25)8-27-21/h4-5,10-18,20-21,30-31H,3,6-9H2,1-2H3;7-13,19-20H,2-6H2,1H3,(H,27,28)/t20?,21?,30-,31-;12?,13?,19-,20-/m00/s1. The van der Waals surface area contributed by atoms with Crippen LogP contribution in [-0.2, 0) is 29.1 Å². The Morgan fingerprint density at radius 2 is 1.24 bits per heavy atom. The number of halogens is 4. The normalized spacial score (nSPS) is 23.1. The number of carbonyl (C=O) groups excluding carboxylic acids is 2. The van der Waals surface area contributed by atoms with Crippen LogP contribution in [0.5, 0.6) is 0 Å². The molecule has 19 heteroatoms. The average molecular weight is 1090 g/mol. The van der Waals surface area contributed by atoms with Crippen LogP contribution in [0, 0.1) is 54.1 Å². The highest BCUT2D eigenvalue weighted by Gasteiger charge is 2.50. The Hall–Kier alpha value is -6.69. The van der Waals surface area contributed by atoms with Gasteiger partial charge in [0.2, 0.25) is 0 Å². The van der Waals surface area contributed by atoms with Crippen molar-refractivity contribution in [2.45, 2.75) is 89.1 Å². The van der Waals surface area contributed by atoms with Gasteiger partial charge < -0.3 is 23.6 Å². The highest BCUT2D eigenvalue weighted by atomic mass is 35.5. The van der Waals surface area contributed by atoms with Crippen LogP contribution in [0.25, 0.3) is 66.5 Å². The smallest absolute Gasteiger partial charge is 0.311 e. The summed E-state index contributed by atoms with van der Waals surface area (Å²) in [6, 6.07) is 15.1. The minimum atomic E-state index is -3.98. The molecule has 6 fully saturated rings. The number of fused-ring (bicyclic) bond motifs is 10. The fourth-order valence-corrected chi connectivity index (χ4v) is 14.8. The molecule has 9 aromatic rings. The second kappa shape index (κ2) is 19.7. The van der Waals surface area contributed by atoms with E-state index in [0.29, 0.717) is 73.2 Å². The van der Waals surface area contributed by atoms with Crippen molar-refractivity contribution in [1.29, 1.82) is 0 Å². The lowest BCUT2D eigenvalue weighted by Crippen LogP contribution is -2.45. The molecule has 6 aliphatic rings. The number of ether oxygens (including phenoxy) is 2. The largest absolute Gasteiger partial charge is 0.466 e. The number of nitrogens with one attached hydrogen (secondary N) is 1. The molecule has 0 amide bonds. The lowest BCUT2D eigenvalue weighted by Gasteiger charge is -2.48. The molecule has 76 heavy (non-hydrogen) atoms. The van der Waals surface area contributed by atoms with E-state index in [1.54, 1.807) is 67.1 Å². The number of benzene rings is 2. The molecule has 1 N–H and O–H groups in total. The SMILES string of the molecule is CCOC(=O)[C@H]1C2CCC(CC2)[C@@H]1n1cc(F)c2ccc(-c3cn(S(=O)(=O)c4ccc(C)cc4)c4ncc(Cl)cc34)cc21.CCOC(=O)[C@H]1C2CCC(CC2)[C@@H]1n1cc(F)c2cnc(-c3c[nH]c4ncc(Cl)cc34)nc21. The van der Waals surface area contributed by atoms with E-state index in [4.69, 9.17) is 37.7 Å². The highest BCUT2D eigenvalue weighted by Crippen LogP contribution is 2.54. The third kappa shape index (κ3) is 8.53. The first-order chi connectivity index (χ1) is 36.7. The van der Waals surface area contributed by atoms with E-state index in [9.17, 15) is 18.0 Å². The Morgan fingerprint density at radius 3 is 1.88 bits per heavy atom. The molecule has 2 aromatic carbocycles. The molecule has 0 spiro atoms. The lowest BCUT2D eigenvalue weighted by atomic mass is 9.61. The van der Waals surface area contributed by atoms with Crippen LogP contribution in [0.3, 0.4) is 0 Å². The van der Waals surface area contributed by atoms with Gasteiger partial charge in [0, 0.05) is 70.7 Å². The van der Waals surface area contributed by atoms with Crippen LogP contribution in [-0.4, -0.2) is 71.6 Å². The van der Waals surface area contributed by atoms with Gasteiger partial charge in [0.15, 0.2) is 17.3 Å². The molecule has 7 aromatic heterocycles. The maximum absolute atomic E-state index is 15.4. The number of aryl methyl sites for hydroxylation is 1. The summed E-state index contributed by atoms with van der Waals surface area (Å²) in [7, 11) is -3.98. The van der Waals surface area contributed by atoms with Gasteiger partial charge in [-0.1, -0.05) is 47.0 Å². The number of pyridine rings is 2.